The quantitative estimate of drug-likeness (QED) is 0.195. The average molecular weight is 614 g/mol. The molecule has 0 unspecified atom stereocenters. The predicted octanol–water partition coefficient (Wildman–Crippen LogP) is 5.36. The topological polar surface area (TPSA) is 145 Å². The van der Waals surface area contributed by atoms with Crippen LogP contribution in [0.15, 0.2) is 93.4 Å². The van der Waals surface area contributed by atoms with Crippen molar-refractivity contribution in [1.29, 1.82) is 0 Å². The summed E-state index contributed by atoms with van der Waals surface area (Å²) in [5, 5.41) is 16.6. The summed E-state index contributed by atoms with van der Waals surface area (Å²) in [6.45, 7) is 4.15. The Morgan fingerprint density at radius 1 is 0.953 bits per heavy atom. The predicted molar refractivity (Wildman–Crippen MR) is 166 cm³/mol. The summed E-state index contributed by atoms with van der Waals surface area (Å²) in [5.41, 5.74) is 5.35. The number of carbonyl (C=O) groups excluding carboxylic acids is 1. The Kier molecular flexibility index (Phi) is 7.82. The number of amides is 1. The first kappa shape index (κ1) is 28.4. The summed E-state index contributed by atoms with van der Waals surface area (Å²) in [7, 11) is -3.89. The molecule has 3 aromatic carbocycles. The van der Waals surface area contributed by atoms with E-state index in [1.807, 2.05) is 42.5 Å². The first-order valence-corrected chi connectivity index (χ1v) is 15.9. The second kappa shape index (κ2) is 11.9. The van der Waals surface area contributed by atoms with E-state index >= 15 is 0 Å². The van der Waals surface area contributed by atoms with Gasteiger partial charge in [-0.3, -0.25) is 4.79 Å². The third-order valence-corrected chi connectivity index (χ3v) is 9.17. The number of sulfonamides is 1. The Hall–Kier alpha value is -4.75. The number of para-hydroxylation sites is 1. The van der Waals surface area contributed by atoms with Crippen LogP contribution in [0.25, 0.3) is 22.1 Å². The number of nitrogens with zero attached hydrogens (tertiary/aromatic N) is 5. The third kappa shape index (κ3) is 6.08. The number of thioether (sulfide) groups is 1. The smallest absolute Gasteiger partial charge is 0.264 e. The van der Waals surface area contributed by atoms with Crippen molar-refractivity contribution in [3.05, 3.63) is 95.7 Å². The SMILES string of the molecule is Cc1noc(NS(=O)(=O)c2ccc(NC(=O)CSc3nnc4c5ccccc5n(CCc5ccccc5)c4n3)cc2)c1C. The van der Waals surface area contributed by atoms with Crippen LogP contribution in [0.1, 0.15) is 16.8 Å². The standard InChI is InChI=1S/C30H27N7O4S2/c1-19-20(2)35-41-29(19)36-43(39,40)23-14-12-22(13-15-23)31-26(38)18-42-30-32-28-27(33-34-30)24-10-6-7-11-25(24)37(28)17-16-21-8-4-3-5-9-21/h3-15,36H,16-18H2,1-2H3,(H,31,38). The molecule has 13 heteroatoms. The number of aromatic nitrogens is 5. The Bertz CT molecular complexity index is 2040. The van der Waals surface area contributed by atoms with Crippen LogP contribution in [0.3, 0.4) is 0 Å². The van der Waals surface area contributed by atoms with Gasteiger partial charge in [0.15, 0.2) is 5.65 Å². The molecule has 0 spiro atoms. The van der Waals surface area contributed by atoms with Crippen LogP contribution in [-0.4, -0.2) is 45.0 Å². The van der Waals surface area contributed by atoms with E-state index < -0.39 is 10.0 Å². The molecule has 0 saturated carbocycles. The molecule has 11 nitrogen and oxygen atoms in total. The van der Waals surface area contributed by atoms with Gasteiger partial charge in [0.05, 0.1) is 21.9 Å². The fraction of sp³-hybridized carbons (Fsp3) is 0.167. The number of aryl methyl sites for hydroxylation is 3. The van der Waals surface area contributed by atoms with E-state index in [1.165, 1.54) is 41.6 Å². The normalized spacial score (nSPS) is 11.7. The monoisotopic (exact) mass is 613 g/mol. The van der Waals surface area contributed by atoms with Crippen molar-refractivity contribution in [3.8, 4) is 0 Å². The van der Waals surface area contributed by atoms with Gasteiger partial charge in [-0.1, -0.05) is 65.4 Å². The minimum absolute atomic E-state index is 0.0174. The van der Waals surface area contributed by atoms with Crippen LogP contribution in [0.5, 0.6) is 0 Å². The highest BCUT2D eigenvalue weighted by molar-refractivity contribution is 7.99. The molecule has 0 fully saturated rings. The van der Waals surface area contributed by atoms with Gasteiger partial charge in [0, 0.05) is 23.2 Å². The molecule has 0 bridgehead atoms. The summed E-state index contributed by atoms with van der Waals surface area (Å²) in [6, 6.07) is 24.1. The van der Waals surface area contributed by atoms with E-state index in [-0.39, 0.29) is 22.4 Å². The molecule has 0 aliphatic rings. The van der Waals surface area contributed by atoms with Crippen molar-refractivity contribution in [1.82, 2.24) is 24.9 Å². The van der Waals surface area contributed by atoms with Crippen LogP contribution in [0.2, 0.25) is 0 Å². The average Bonchev–Trinajstić information content (AvgIpc) is 3.50. The number of carbonyl (C=O) groups is 1. The zero-order valence-electron chi connectivity index (χ0n) is 23.3. The molecule has 3 heterocycles. The third-order valence-electron chi connectivity index (χ3n) is 6.99. The van der Waals surface area contributed by atoms with Crippen molar-refractivity contribution >= 4 is 61.3 Å². The zero-order valence-corrected chi connectivity index (χ0v) is 24.9. The number of benzene rings is 3. The molecule has 218 valence electrons. The Labute approximate surface area is 251 Å². The van der Waals surface area contributed by atoms with Crippen LogP contribution in [0.4, 0.5) is 11.6 Å². The lowest BCUT2D eigenvalue weighted by atomic mass is 10.1. The molecule has 0 atom stereocenters. The number of nitrogens with one attached hydrogen (secondary N) is 2. The molecular weight excluding hydrogens is 587 g/mol. The molecule has 0 saturated heterocycles. The lowest BCUT2D eigenvalue weighted by Crippen LogP contribution is -2.15. The maximum atomic E-state index is 12.7. The molecule has 0 radical (unpaired) electrons. The molecule has 6 rings (SSSR count). The van der Waals surface area contributed by atoms with E-state index in [1.54, 1.807) is 13.8 Å². The Balaban J connectivity index is 1.12. The number of hydrogen-bond donors (Lipinski definition) is 2. The summed E-state index contributed by atoms with van der Waals surface area (Å²) in [5.74, 6) is -0.179. The van der Waals surface area contributed by atoms with Gasteiger partial charge in [-0.25, -0.2) is 18.1 Å². The molecule has 0 aliphatic heterocycles. The molecule has 3 aromatic heterocycles. The van der Waals surface area contributed by atoms with Crippen LogP contribution in [0, 0.1) is 13.8 Å². The highest BCUT2D eigenvalue weighted by Gasteiger charge is 2.20. The summed E-state index contributed by atoms with van der Waals surface area (Å²) in [6.07, 6.45) is 0.832. The minimum Gasteiger partial charge on any atom is -0.337 e. The molecule has 2 N–H and O–H groups in total. The van der Waals surface area contributed by atoms with Gasteiger partial charge < -0.3 is 14.4 Å². The Morgan fingerprint density at radius 3 is 2.44 bits per heavy atom. The first-order chi connectivity index (χ1) is 20.8. The summed E-state index contributed by atoms with van der Waals surface area (Å²) in [4.78, 5) is 17.5. The van der Waals surface area contributed by atoms with Crippen molar-refractivity contribution in [2.24, 2.45) is 0 Å². The van der Waals surface area contributed by atoms with Gasteiger partial charge in [0.2, 0.25) is 16.9 Å². The zero-order chi connectivity index (χ0) is 30.0. The Morgan fingerprint density at radius 2 is 1.70 bits per heavy atom. The summed E-state index contributed by atoms with van der Waals surface area (Å²) >= 11 is 1.18. The van der Waals surface area contributed by atoms with Gasteiger partial charge in [0.1, 0.15) is 5.52 Å². The largest absolute Gasteiger partial charge is 0.337 e. The van der Waals surface area contributed by atoms with Crippen LogP contribution in [-0.2, 0) is 27.8 Å². The van der Waals surface area contributed by atoms with E-state index in [0.717, 1.165) is 35.0 Å². The van der Waals surface area contributed by atoms with Gasteiger partial charge in [-0.05, 0) is 56.2 Å². The highest BCUT2D eigenvalue weighted by atomic mass is 32.2. The number of fused-ring (bicyclic) bond motifs is 3. The maximum Gasteiger partial charge on any atom is 0.264 e. The lowest BCUT2D eigenvalue weighted by molar-refractivity contribution is -0.113. The van der Waals surface area contributed by atoms with E-state index in [2.05, 4.69) is 42.1 Å². The van der Waals surface area contributed by atoms with Gasteiger partial charge in [-0.15, -0.1) is 10.2 Å². The van der Waals surface area contributed by atoms with Crippen molar-refractivity contribution < 1.29 is 17.7 Å². The molecule has 43 heavy (non-hydrogen) atoms. The van der Waals surface area contributed by atoms with E-state index in [9.17, 15) is 13.2 Å². The van der Waals surface area contributed by atoms with Gasteiger partial charge in [-0.2, -0.15) is 0 Å². The fourth-order valence-corrected chi connectivity index (χ4v) is 6.23. The van der Waals surface area contributed by atoms with Crippen molar-refractivity contribution in [2.75, 3.05) is 15.8 Å². The second-order valence-electron chi connectivity index (χ2n) is 9.86. The number of rotatable bonds is 10. The minimum atomic E-state index is -3.89. The van der Waals surface area contributed by atoms with Gasteiger partial charge in [0.25, 0.3) is 10.0 Å². The molecule has 1 amide bonds. The fourth-order valence-electron chi connectivity index (χ4n) is 4.60. The summed E-state index contributed by atoms with van der Waals surface area (Å²) < 4.78 is 35.1. The van der Waals surface area contributed by atoms with Gasteiger partial charge >= 0.3 is 0 Å². The van der Waals surface area contributed by atoms with Crippen LogP contribution < -0.4 is 10.0 Å². The highest BCUT2D eigenvalue weighted by Crippen LogP contribution is 2.28. The first-order valence-electron chi connectivity index (χ1n) is 13.4. The van der Waals surface area contributed by atoms with Crippen molar-refractivity contribution in [2.45, 2.75) is 36.9 Å². The molecular formula is C30H27N7O4S2. The lowest BCUT2D eigenvalue weighted by Gasteiger charge is -2.08. The second-order valence-corrected chi connectivity index (χ2v) is 12.5. The molecule has 6 aromatic rings. The van der Waals surface area contributed by atoms with Crippen LogP contribution >= 0.6 is 11.8 Å². The number of anilines is 2. The van der Waals surface area contributed by atoms with Crippen molar-refractivity contribution in [3.63, 3.8) is 0 Å². The van der Waals surface area contributed by atoms with E-state index in [0.29, 0.717) is 22.1 Å². The number of hydrogen-bond acceptors (Lipinski definition) is 9. The molecule has 0 aliphatic carbocycles. The van der Waals surface area contributed by atoms with E-state index in [4.69, 9.17) is 9.51 Å². The maximum absolute atomic E-state index is 12.7.